The molecule has 4 heteroatoms. The van der Waals surface area contributed by atoms with Gasteiger partial charge in [-0.25, -0.2) is 0 Å². The van der Waals surface area contributed by atoms with Crippen molar-refractivity contribution >= 4 is 27.3 Å². The molecule has 0 amide bonds. The largest absolute Gasteiger partial charge is 0.597 e. The van der Waals surface area contributed by atoms with Gasteiger partial charge in [0.1, 0.15) is 4.75 Å². The first-order valence-corrected chi connectivity index (χ1v) is 7.53. The first kappa shape index (κ1) is 15.0. The fraction of sp³-hybridized carbons (Fsp3) is 0.538. The van der Waals surface area contributed by atoms with Crippen LogP contribution in [0.15, 0.2) is 28.7 Å². The Morgan fingerprint density at radius 3 is 2.12 bits per heavy atom. The maximum absolute atomic E-state index is 12.3. The summed E-state index contributed by atoms with van der Waals surface area (Å²) in [5.74, 6) is 0. The molecule has 1 aromatic rings. The second-order valence-corrected chi connectivity index (χ2v) is 8.35. The molecule has 0 spiro atoms. The Balaban J connectivity index is 2.83. The number of hydrogen-bond donors (Lipinski definition) is 0. The summed E-state index contributed by atoms with van der Waals surface area (Å²) < 4.78 is 15.0. The molecular formula is C13H20BrNOS. The summed E-state index contributed by atoms with van der Waals surface area (Å²) in [5, 5.41) is 0. The fourth-order valence-corrected chi connectivity index (χ4v) is 3.06. The molecule has 0 saturated heterocycles. The topological polar surface area (TPSA) is 26.3 Å². The maximum Gasteiger partial charge on any atom is 0.137 e. The minimum atomic E-state index is -0.996. The van der Waals surface area contributed by atoms with Gasteiger partial charge in [-0.05, 0) is 45.4 Å². The average Bonchev–Trinajstić information content (AvgIpc) is 2.26. The van der Waals surface area contributed by atoms with Gasteiger partial charge in [0.25, 0.3) is 0 Å². The highest BCUT2D eigenvalue weighted by molar-refractivity contribution is 9.10. The summed E-state index contributed by atoms with van der Waals surface area (Å²) in [4.78, 5) is 0. The van der Waals surface area contributed by atoms with Crippen molar-refractivity contribution in [2.24, 2.45) is 0 Å². The van der Waals surface area contributed by atoms with E-state index < -0.39 is 11.4 Å². The highest BCUT2D eigenvalue weighted by Gasteiger charge is 2.33. The van der Waals surface area contributed by atoms with E-state index >= 15 is 0 Å². The van der Waals surface area contributed by atoms with Crippen molar-refractivity contribution in [2.75, 3.05) is 7.05 Å². The van der Waals surface area contributed by atoms with E-state index in [1.54, 1.807) is 0 Å². The molecule has 0 aliphatic heterocycles. The molecule has 17 heavy (non-hydrogen) atoms. The molecule has 0 saturated carbocycles. The molecule has 0 fully saturated rings. The smallest absolute Gasteiger partial charge is 0.137 e. The Labute approximate surface area is 116 Å². The maximum atomic E-state index is 12.3. The normalized spacial score (nSPS) is 16.0. The van der Waals surface area contributed by atoms with Crippen molar-refractivity contribution in [1.29, 1.82) is 0 Å². The van der Waals surface area contributed by atoms with Gasteiger partial charge >= 0.3 is 0 Å². The lowest BCUT2D eigenvalue weighted by molar-refractivity contribution is 0.382. The van der Waals surface area contributed by atoms with E-state index in [4.69, 9.17) is 0 Å². The lowest BCUT2D eigenvalue weighted by Gasteiger charge is -2.33. The molecule has 0 radical (unpaired) electrons. The van der Waals surface area contributed by atoms with Gasteiger partial charge in [-0.1, -0.05) is 28.1 Å². The van der Waals surface area contributed by atoms with Crippen LogP contribution >= 0.6 is 15.9 Å². The molecule has 2 nitrogen and oxygen atoms in total. The molecule has 0 aromatic heterocycles. The summed E-state index contributed by atoms with van der Waals surface area (Å²) in [6.45, 7) is 8.06. The standard InChI is InChI=1S/C13H20BrNOS/c1-10(11-6-8-12(14)9-7-11)15(5)17(16)13(2,3)4/h6-10H,1-5H3/t10-,17?/m1/s1. The van der Waals surface area contributed by atoms with Crippen LogP contribution in [0.1, 0.15) is 39.3 Å². The first-order valence-electron chi connectivity index (χ1n) is 5.64. The zero-order chi connectivity index (χ0) is 13.2. The van der Waals surface area contributed by atoms with Crippen LogP contribution < -0.4 is 0 Å². The minimum absolute atomic E-state index is 0.142. The monoisotopic (exact) mass is 317 g/mol. The van der Waals surface area contributed by atoms with Crippen LogP contribution in [0, 0.1) is 0 Å². The predicted octanol–water partition coefficient (Wildman–Crippen LogP) is 3.90. The van der Waals surface area contributed by atoms with Crippen molar-refractivity contribution < 1.29 is 4.55 Å². The van der Waals surface area contributed by atoms with E-state index in [0.29, 0.717) is 0 Å². The summed E-state index contributed by atoms with van der Waals surface area (Å²) in [6.07, 6.45) is 0. The molecule has 96 valence electrons. The summed E-state index contributed by atoms with van der Waals surface area (Å²) >= 11 is 2.42. The predicted molar refractivity (Wildman–Crippen MR) is 78.2 cm³/mol. The van der Waals surface area contributed by atoms with Crippen LogP contribution in [0.2, 0.25) is 0 Å². The second-order valence-electron chi connectivity index (χ2n) is 5.14. The number of nitrogens with zero attached hydrogens (tertiary/aromatic N) is 1. The Bertz CT molecular complexity index is 361. The molecular weight excluding hydrogens is 298 g/mol. The molecule has 0 aliphatic rings. The van der Waals surface area contributed by atoms with Gasteiger partial charge in [0, 0.05) is 22.9 Å². The van der Waals surface area contributed by atoms with Gasteiger partial charge in [0.2, 0.25) is 0 Å². The van der Waals surface area contributed by atoms with Crippen LogP contribution in [-0.4, -0.2) is 20.7 Å². The average molecular weight is 318 g/mol. The van der Waals surface area contributed by atoms with Gasteiger partial charge in [-0.15, -0.1) is 4.31 Å². The molecule has 0 heterocycles. The van der Waals surface area contributed by atoms with Crippen molar-refractivity contribution in [3.63, 3.8) is 0 Å². The van der Waals surface area contributed by atoms with E-state index in [9.17, 15) is 4.55 Å². The molecule has 0 N–H and O–H groups in total. The van der Waals surface area contributed by atoms with Crippen molar-refractivity contribution in [3.05, 3.63) is 34.3 Å². The van der Waals surface area contributed by atoms with Crippen molar-refractivity contribution in [2.45, 2.75) is 38.5 Å². The third-order valence-corrected chi connectivity index (χ3v) is 5.10. The minimum Gasteiger partial charge on any atom is -0.597 e. The van der Waals surface area contributed by atoms with Crippen molar-refractivity contribution in [3.8, 4) is 0 Å². The van der Waals surface area contributed by atoms with Gasteiger partial charge in [0.15, 0.2) is 0 Å². The molecule has 1 rings (SSSR count). The van der Waals surface area contributed by atoms with E-state index in [2.05, 4.69) is 35.0 Å². The SMILES string of the molecule is C[C@H](c1ccc(Br)cc1)N(C)[S+]([O-])C(C)(C)C. The summed E-state index contributed by atoms with van der Waals surface area (Å²) in [6, 6.07) is 8.29. The highest BCUT2D eigenvalue weighted by Crippen LogP contribution is 2.28. The number of hydrogen-bond acceptors (Lipinski definition) is 2. The van der Waals surface area contributed by atoms with Crippen LogP contribution in [-0.2, 0) is 11.4 Å². The molecule has 1 unspecified atom stereocenters. The zero-order valence-corrected chi connectivity index (χ0v) is 13.4. The van der Waals surface area contributed by atoms with Gasteiger partial charge < -0.3 is 4.55 Å². The molecule has 1 aromatic carbocycles. The summed E-state index contributed by atoms with van der Waals surface area (Å²) in [5.41, 5.74) is 1.17. The fourth-order valence-electron chi connectivity index (χ4n) is 1.53. The van der Waals surface area contributed by atoms with E-state index in [0.717, 1.165) is 4.47 Å². The van der Waals surface area contributed by atoms with Gasteiger partial charge in [0.05, 0.1) is 6.04 Å². The zero-order valence-electron chi connectivity index (χ0n) is 11.0. The lowest BCUT2D eigenvalue weighted by atomic mass is 10.1. The van der Waals surface area contributed by atoms with E-state index in [1.807, 2.05) is 44.3 Å². The molecule has 0 bridgehead atoms. The van der Waals surface area contributed by atoms with Gasteiger partial charge in [-0.2, -0.15) is 0 Å². The second kappa shape index (κ2) is 5.74. The van der Waals surface area contributed by atoms with Crippen LogP contribution in [0.3, 0.4) is 0 Å². The third-order valence-electron chi connectivity index (χ3n) is 2.68. The number of halogens is 1. The van der Waals surface area contributed by atoms with Crippen molar-refractivity contribution in [1.82, 2.24) is 4.31 Å². The van der Waals surface area contributed by atoms with E-state index in [-0.39, 0.29) is 10.8 Å². The molecule has 0 aliphatic carbocycles. The third kappa shape index (κ3) is 3.98. The number of rotatable bonds is 3. The molecule has 2 atom stereocenters. The lowest BCUT2D eigenvalue weighted by Crippen LogP contribution is -2.41. The summed E-state index contributed by atoms with van der Waals surface area (Å²) in [7, 11) is 1.91. The Hall–Kier alpha value is -0.0300. The quantitative estimate of drug-likeness (QED) is 0.790. The highest BCUT2D eigenvalue weighted by atomic mass is 79.9. The Morgan fingerprint density at radius 2 is 1.71 bits per heavy atom. The van der Waals surface area contributed by atoms with Gasteiger partial charge in [-0.3, -0.25) is 0 Å². The Kier molecular flexibility index (Phi) is 5.07. The first-order chi connectivity index (χ1) is 7.73. The van der Waals surface area contributed by atoms with Crippen LogP contribution in [0.4, 0.5) is 0 Å². The number of benzene rings is 1. The van der Waals surface area contributed by atoms with Crippen LogP contribution in [0.25, 0.3) is 0 Å². The van der Waals surface area contributed by atoms with Crippen LogP contribution in [0.5, 0.6) is 0 Å². The van der Waals surface area contributed by atoms with E-state index in [1.165, 1.54) is 5.56 Å². The Morgan fingerprint density at radius 1 is 1.24 bits per heavy atom.